The number of anilines is 1. The molecule has 2 N–H and O–H groups in total. The number of aryl methyl sites for hydroxylation is 3. The van der Waals surface area contributed by atoms with Gasteiger partial charge in [0.05, 0.1) is 18.2 Å². The zero-order valence-corrected chi connectivity index (χ0v) is 15.5. The van der Waals surface area contributed by atoms with Crippen molar-refractivity contribution < 1.29 is 9.53 Å². The fourth-order valence-corrected chi connectivity index (χ4v) is 2.47. The summed E-state index contributed by atoms with van der Waals surface area (Å²) in [5, 5.41) is 5.57. The van der Waals surface area contributed by atoms with Crippen LogP contribution in [0, 0.1) is 13.8 Å². The van der Waals surface area contributed by atoms with Gasteiger partial charge in [-0.1, -0.05) is 6.07 Å². The number of carbonyl (C=O) groups is 1. The van der Waals surface area contributed by atoms with E-state index in [4.69, 9.17) is 4.74 Å². The second-order valence-corrected chi connectivity index (χ2v) is 6.27. The minimum absolute atomic E-state index is 0.259. The summed E-state index contributed by atoms with van der Waals surface area (Å²) in [7, 11) is 0. The number of amides is 2. The molecule has 0 radical (unpaired) electrons. The van der Waals surface area contributed by atoms with Crippen LogP contribution in [0.2, 0.25) is 0 Å². The van der Waals surface area contributed by atoms with Crippen LogP contribution in [0.3, 0.4) is 0 Å². The number of hydrogen-bond acceptors (Lipinski definition) is 4. The first-order valence-electron chi connectivity index (χ1n) is 8.82. The minimum Gasteiger partial charge on any atom is -0.439 e. The molecule has 2 amide bonds. The van der Waals surface area contributed by atoms with Crippen LogP contribution in [-0.4, -0.2) is 27.1 Å². The maximum Gasteiger partial charge on any atom is 0.319 e. The molecule has 0 aliphatic rings. The van der Waals surface area contributed by atoms with E-state index in [1.807, 2.05) is 35.9 Å². The first-order valence-corrected chi connectivity index (χ1v) is 8.82. The predicted molar refractivity (Wildman–Crippen MR) is 104 cm³/mol. The van der Waals surface area contributed by atoms with Gasteiger partial charge in [-0.15, -0.1) is 0 Å². The third kappa shape index (κ3) is 5.57. The van der Waals surface area contributed by atoms with E-state index in [1.54, 1.807) is 30.9 Å². The first-order chi connectivity index (χ1) is 13.1. The summed E-state index contributed by atoms with van der Waals surface area (Å²) in [6, 6.07) is 9.12. The van der Waals surface area contributed by atoms with Crippen LogP contribution >= 0.6 is 0 Å². The molecule has 2 aromatic heterocycles. The molecule has 27 heavy (non-hydrogen) atoms. The van der Waals surface area contributed by atoms with Crippen LogP contribution in [0.25, 0.3) is 0 Å². The highest BCUT2D eigenvalue weighted by Gasteiger charge is 2.04. The molecule has 7 nitrogen and oxygen atoms in total. The third-order valence-corrected chi connectivity index (χ3v) is 4.13. The minimum atomic E-state index is -0.259. The molecular weight excluding hydrogens is 342 g/mol. The average Bonchev–Trinajstić information content (AvgIpc) is 3.17. The summed E-state index contributed by atoms with van der Waals surface area (Å²) in [6.07, 6.45) is 7.79. The number of nitrogens with one attached hydrogen (secondary N) is 2. The smallest absolute Gasteiger partial charge is 0.319 e. The van der Waals surface area contributed by atoms with Gasteiger partial charge in [0, 0.05) is 31.5 Å². The molecule has 0 atom stereocenters. The van der Waals surface area contributed by atoms with E-state index in [1.165, 1.54) is 5.56 Å². The van der Waals surface area contributed by atoms with Crippen molar-refractivity contribution in [3.05, 3.63) is 66.4 Å². The summed E-state index contributed by atoms with van der Waals surface area (Å²) in [5.41, 5.74) is 2.98. The fourth-order valence-electron chi connectivity index (χ4n) is 2.47. The Morgan fingerprint density at radius 2 is 2.07 bits per heavy atom. The van der Waals surface area contributed by atoms with E-state index in [2.05, 4.69) is 27.5 Å². The SMILES string of the molecule is Cc1ccc(Oc2ccc(NC(=O)NCCCn3ccnc3)cn2)cc1C. The van der Waals surface area contributed by atoms with Gasteiger partial charge in [-0.25, -0.2) is 14.8 Å². The second-order valence-electron chi connectivity index (χ2n) is 6.27. The molecule has 1 aromatic carbocycles. The number of imidazole rings is 1. The van der Waals surface area contributed by atoms with E-state index in [0.29, 0.717) is 18.1 Å². The maximum absolute atomic E-state index is 11.9. The van der Waals surface area contributed by atoms with Gasteiger partial charge < -0.3 is 19.9 Å². The number of urea groups is 1. The zero-order valence-electron chi connectivity index (χ0n) is 15.5. The van der Waals surface area contributed by atoms with Gasteiger partial charge >= 0.3 is 6.03 Å². The van der Waals surface area contributed by atoms with Crippen molar-refractivity contribution in [2.45, 2.75) is 26.8 Å². The number of hydrogen-bond donors (Lipinski definition) is 2. The van der Waals surface area contributed by atoms with Crippen molar-refractivity contribution in [1.29, 1.82) is 0 Å². The van der Waals surface area contributed by atoms with E-state index in [0.717, 1.165) is 24.3 Å². The monoisotopic (exact) mass is 365 g/mol. The third-order valence-electron chi connectivity index (χ3n) is 4.13. The number of aromatic nitrogens is 3. The Balaban J connectivity index is 1.44. The fraction of sp³-hybridized carbons (Fsp3) is 0.250. The highest BCUT2D eigenvalue weighted by molar-refractivity contribution is 5.88. The van der Waals surface area contributed by atoms with Crippen LogP contribution in [0.4, 0.5) is 10.5 Å². The van der Waals surface area contributed by atoms with Gasteiger partial charge in [0.25, 0.3) is 0 Å². The Morgan fingerprint density at radius 1 is 1.19 bits per heavy atom. The Labute approximate surface area is 158 Å². The summed E-state index contributed by atoms with van der Waals surface area (Å²) >= 11 is 0. The maximum atomic E-state index is 11.9. The number of pyridine rings is 1. The van der Waals surface area contributed by atoms with Crippen molar-refractivity contribution in [3.8, 4) is 11.6 Å². The van der Waals surface area contributed by atoms with Gasteiger partial charge in [0.1, 0.15) is 5.75 Å². The molecular formula is C20H23N5O2. The number of carbonyl (C=O) groups excluding carboxylic acids is 1. The van der Waals surface area contributed by atoms with E-state index in [9.17, 15) is 4.79 Å². The van der Waals surface area contributed by atoms with Gasteiger partial charge in [-0.3, -0.25) is 0 Å². The van der Waals surface area contributed by atoms with E-state index in [-0.39, 0.29) is 6.03 Å². The molecule has 0 saturated carbocycles. The molecule has 0 aliphatic carbocycles. The standard InChI is InChI=1S/C20H23N5O2/c1-15-4-6-18(12-16(15)2)27-19-7-5-17(13-23-19)24-20(26)22-8-3-10-25-11-9-21-14-25/h4-7,9,11-14H,3,8,10H2,1-2H3,(H2,22,24,26). The Hall–Kier alpha value is -3.35. The predicted octanol–water partition coefficient (Wildman–Crippen LogP) is 3.90. The van der Waals surface area contributed by atoms with Gasteiger partial charge in [0.2, 0.25) is 5.88 Å². The first kappa shape index (κ1) is 18.4. The molecule has 7 heteroatoms. The second kappa shape index (κ2) is 8.84. The number of benzene rings is 1. The molecule has 0 unspecified atom stereocenters. The molecule has 140 valence electrons. The summed E-state index contributed by atoms with van der Waals surface area (Å²) in [4.78, 5) is 20.1. The average molecular weight is 365 g/mol. The van der Waals surface area contributed by atoms with Crippen LogP contribution in [0.15, 0.2) is 55.2 Å². The normalized spacial score (nSPS) is 10.4. The van der Waals surface area contributed by atoms with Crippen LogP contribution in [-0.2, 0) is 6.54 Å². The summed E-state index contributed by atoms with van der Waals surface area (Å²) in [5.74, 6) is 1.21. The van der Waals surface area contributed by atoms with Crippen molar-refractivity contribution in [2.24, 2.45) is 0 Å². The van der Waals surface area contributed by atoms with Gasteiger partial charge in [-0.05, 0) is 49.6 Å². The van der Waals surface area contributed by atoms with E-state index >= 15 is 0 Å². The van der Waals surface area contributed by atoms with Gasteiger partial charge in [0.15, 0.2) is 0 Å². The Kier molecular flexibility index (Phi) is 6.04. The van der Waals surface area contributed by atoms with Crippen LogP contribution in [0.1, 0.15) is 17.5 Å². The quantitative estimate of drug-likeness (QED) is 0.622. The van der Waals surface area contributed by atoms with Crippen molar-refractivity contribution in [3.63, 3.8) is 0 Å². The lowest BCUT2D eigenvalue weighted by atomic mass is 10.1. The van der Waals surface area contributed by atoms with Crippen LogP contribution < -0.4 is 15.4 Å². The molecule has 0 spiro atoms. The number of nitrogens with zero attached hydrogens (tertiary/aromatic N) is 3. The number of rotatable bonds is 7. The molecule has 0 fully saturated rings. The Morgan fingerprint density at radius 3 is 2.78 bits per heavy atom. The topological polar surface area (TPSA) is 81.1 Å². The Bertz CT molecular complexity index is 876. The zero-order chi connectivity index (χ0) is 19.1. The molecule has 0 bridgehead atoms. The summed E-state index contributed by atoms with van der Waals surface area (Å²) in [6.45, 7) is 5.48. The molecule has 0 saturated heterocycles. The molecule has 3 aromatic rings. The molecule has 0 aliphatic heterocycles. The van der Waals surface area contributed by atoms with Crippen molar-refractivity contribution in [1.82, 2.24) is 19.9 Å². The highest BCUT2D eigenvalue weighted by atomic mass is 16.5. The lowest BCUT2D eigenvalue weighted by Crippen LogP contribution is -2.30. The lowest BCUT2D eigenvalue weighted by molar-refractivity contribution is 0.252. The van der Waals surface area contributed by atoms with Crippen molar-refractivity contribution in [2.75, 3.05) is 11.9 Å². The van der Waals surface area contributed by atoms with Crippen LogP contribution in [0.5, 0.6) is 11.6 Å². The lowest BCUT2D eigenvalue weighted by Gasteiger charge is -2.09. The van der Waals surface area contributed by atoms with Gasteiger partial charge in [-0.2, -0.15) is 0 Å². The molecule has 2 heterocycles. The number of ether oxygens (including phenoxy) is 1. The largest absolute Gasteiger partial charge is 0.439 e. The highest BCUT2D eigenvalue weighted by Crippen LogP contribution is 2.22. The summed E-state index contributed by atoms with van der Waals surface area (Å²) < 4.78 is 7.71. The van der Waals surface area contributed by atoms with Crippen molar-refractivity contribution >= 4 is 11.7 Å². The molecule has 3 rings (SSSR count). The van der Waals surface area contributed by atoms with E-state index < -0.39 is 0 Å².